The summed E-state index contributed by atoms with van der Waals surface area (Å²) in [4.78, 5) is 25.1. The van der Waals surface area contributed by atoms with Gasteiger partial charge < -0.3 is 5.32 Å². The van der Waals surface area contributed by atoms with E-state index < -0.39 is 35.3 Å². The molecule has 13 heteroatoms. The van der Waals surface area contributed by atoms with Gasteiger partial charge in [0.25, 0.3) is 11.9 Å². The number of amides is 1. The van der Waals surface area contributed by atoms with Gasteiger partial charge in [-0.15, -0.1) is 0 Å². The second-order valence-corrected chi connectivity index (χ2v) is 6.57. The van der Waals surface area contributed by atoms with Crippen LogP contribution >= 0.6 is 0 Å². The number of nitrogens with one attached hydrogen (secondary N) is 1. The first-order chi connectivity index (χ1) is 15.2. The summed E-state index contributed by atoms with van der Waals surface area (Å²) in [5, 5.41) is 10.1. The largest absolute Gasteiger partial charge is 0.435 e. The van der Waals surface area contributed by atoms with Gasteiger partial charge in [-0.1, -0.05) is 0 Å². The zero-order valence-electron chi connectivity index (χ0n) is 16.3. The van der Waals surface area contributed by atoms with Gasteiger partial charge in [0.05, 0.1) is 11.7 Å². The molecule has 164 valence electrons. The number of nitrogens with zero attached hydrogens (tertiary/aromatic N) is 7. The van der Waals surface area contributed by atoms with Gasteiger partial charge in [0.15, 0.2) is 11.5 Å². The third kappa shape index (κ3) is 4.17. The molecular weight excluding hydrogens is 432 g/mol. The fraction of sp³-hybridized carbons (Fsp3) is 0.158. The monoisotopic (exact) mass is 446 g/mol. The van der Waals surface area contributed by atoms with Crippen molar-refractivity contribution in [3.63, 3.8) is 0 Å². The van der Waals surface area contributed by atoms with Gasteiger partial charge in [-0.3, -0.25) is 4.79 Å². The molecule has 0 saturated carbocycles. The number of aromatic nitrogens is 7. The third-order valence-electron chi connectivity index (χ3n) is 4.35. The number of hydrogen-bond donors (Lipinski definition) is 1. The first-order valence-corrected chi connectivity index (χ1v) is 9.15. The summed E-state index contributed by atoms with van der Waals surface area (Å²) < 4.78 is 55.1. The van der Waals surface area contributed by atoms with Crippen LogP contribution in [-0.4, -0.2) is 40.4 Å². The molecule has 0 aliphatic carbocycles. The van der Waals surface area contributed by atoms with Crippen LogP contribution in [0.2, 0.25) is 0 Å². The fourth-order valence-corrected chi connectivity index (χ4v) is 2.90. The van der Waals surface area contributed by atoms with Crippen molar-refractivity contribution >= 4 is 5.91 Å². The molecule has 3 heterocycles. The minimum atomic E-state index is -4.78. The SMILES string of the molecule is C[C@@H](NC(=O)c1cc(C(F)(F)F)nn1-c1ccc(F)cc1)c1ncnn1-c1ncccn1. The fourth-order valence-electron chi connectivity index (χ4n) is 2.90. The number of carbonyl (C=O) groups excluding carboxylic acids is 1. The number of halogens is 4. The standard InChI is InChI=1S/C19H14F4N8O/c1-11(16-26-10-27-31(16)18-24-7-2-8-25-18)28-17(32)14-9-15(19(21,22)23)29-30(14)13-5-3-12(20)4-6-13/h2-11H,1H3,(H,28,32)/t11-/m1/s1. The molecule has 0 spiro atoms. The van der Waals surface area contributed by atoms with Gasteiger partial charge in [-0.25, -0.2) is 24.0 Å². The van der Waals surface area contributed by atoms with Gasteiger partial charge >= 0.3 is 6.18 Å². The first-order valence-electron chi connectivity index (χ1n) is 9.15. The number of alkyl halides is 3. The summed E-state index contributed by atoms with van der Waals surface area (Å²) in [6, 6.07) is 5.99. The molecule has 4 aromatic rings. The Morgan fingerprint density at radius 1 is 1.06 bits per heavy atom. The van der Waals surface area contributed by atoms with Crippen LogP contribution in [-0.2, 0) is 6.18 Å². The number of benzene rings is 1. The van der Waals surface area contributed by atoms with Crippen LogP contribution in [0, 0.1) is 5.82 Å². The normalized spacial score (nSPS) is 12.5. The van der Waals surface area contributed by atoms with E-state index in [0.29, 0.717) is 6.07 Å². The summed E-state index contributed by atoms with van der Waals surface area (Å²) in [5.74, 6) is -0.974. The minimum Gasteiger partial charge on any atom is -0.341 e. The molecular formula is C19H14F4N8O. The van der Waals surface area contributed by atoms with Crippen molar-refractivity contribution < 1.29 is 22.4 Å². The Morgan fingerprint density at radius 3 is 2.41 bits per heavy atom. The van der Waals surface area contributed by atoms with Gasteiger partial charge in [0.1, 0.15) is 17.8 Å². The zero-order valence-corrected chi connectivity index (χ0v) is 16.3. The second kappa shape index (κ2) is 8.17. The van der Waals surface area contributed by atoms with E-state index >= 15 is 0 Å². The van der Waals surface area contributed by atoms with Crippen molar-refractivity contribution in [1.29, 1.82) is 0 Å². The lowest BCUT2D eigenvalue weighted by Gasteiger charge is -2.14. The smallest absolute Gasteiger partial charge is 0.341 e. The van der Waals surface area contributed by atoms with E-state index in [-0.39, 0.29) is 17.5 Å². The van der Waals surface area contributed by atoms with E-state index in [0.717, 1.165) is 16.8 Å². The average molecular weight is 446 g/mol. The first kappa shape index (κ1) is 21.1. The van der Waals surface area contributed by atoms with Gasteiger partial charge in [0, 0.05) is 18.5 Å². The summed E-state index contributed by atoms with van der Waals surface area (Å²) in [6.45, 7) is 1.57. The van der Waals surface area contributed by atoms with Crippen LogP contribution in [0.15, 0.2) is 55.1 Å². The predicted molar refractivity (Wildman–Crippen MR) is 101 cm³/mol. The van der Waals surface area contributed by atoms with Crippen molar-refractivity contribution in [2.24, 2.45) is 0 Å². The van der Waals surface area contributed by atoms with Crippen LogP contribution in [0.3, 0.4) is 0 Å². The van der Waals surface area contributed by atoms with Crippen LogP contribution in [0.4, 0.5) is 17.6 Å². The molecule has 0 aliphatic rings. The van der Waals surface area contributed by atoms with Gasteiger partial charge in [-0.05, 0) is 37.3 Å². The lowest BCUT2D eigenvalue weighted by Crippen LogP contribution is -2.30. The Labute approximate surface area is 177 Å². The van der Waals surface area contributed by atoms with Crippen molar-refractivity contribution in [1.82, 2.24) is 39.8 Å². The Morgan fingerprint density at radius 2 is 1.75 bits per heavy atom. The Kier molecular flexibility index (Phi) is 5.38. The van der Waals surface area contributed by atoms with E-state index in [9.17, 15) is 22.4 Å². The van der Waals surface area contributed by atoms with E-state index in [4.69, 9.17) is 0 Å². The van der Waals surface area contributed by atoms with E-state index in [1.165, 1.54) is 35.5 Å². The predicted octanol–water partition coefficient (Wildman–Crippen LogP) is 2.89. The maximum atomic E-state index is 13.2. The Balaban J connectivity index is 1.66. The molecule has 1 amide bonds. The van der Waals surface area contributed by atoms with Crippen LogP contribution in [0.1, 0.15) is 35.0 Å². The quantitative estimate of drug-likeness (QED) is 0.473. The zero-order chi connectivity index (χ0) is 22.9. The second-order valence-electron chi connectivity index (χ2n) is 6.57. The van der Waals surface area contributed by atoms with Gasteiger partial charge in [0.2, 0.25) is 0 Å². The molecule has 1 N–H and O–H groups in total. The highest BCUT2D eigenvalue weighted by Gasteiger charge is 2.36. The molecule has 3 aromatic heterocycles. The van der Waals surface area contributed by atoms with Crippen LogP contribution < -0.4 is 5.32 Å². The lowest BCUT2D eigenvalue weighted by atomic mass is 10.2. The summed E-state index contributed by atoms with van der Waals surface area (Å²) in [5.41, 5.74) is -1.57. The topological polar surface area (TPSA) is 103 Å². The van der Waals surface area contributed by atoms with Crippen molar-refractivity contribution in [3.8, 4) is 11.6 Å². The number of carbonyl (C=O) groups is 1. The molecule has 0 bridgehead atoms. The van der Waals surface area contributed by atoms with E-state index in [2.05, 4.69) is 30.5 Å². The molecule has 32 heavy (non-hydrogen) atoms. The molecule has 9 nitrogen and oxygen atoms in total. The molecule has 0 saturated heterocycles. The molecule has 0 radical (unpaired) electrons. The minimum absolute atomic E-state index is 0.0838. The van der Waals surface area contributed by atoms with Crippen LogP contribution in [0.25, 0.3) is 11.6 Å². The third-order valence-corrected chi connectivity index (χ3v) is 4.35. The molecule has 0 fully saturated rings. The Bertz CT molecular complexity index is 1230. The summed E-state index contributed by atoms with van der Waals surface area (Å²) >= 11 is 0. The van der Waals surface area contributed by atoms with Crippen molar-refractivity contribution in [3.05, 3.63) is 78.1 Å². The lowest BCUT2D eigenvalue weighted by molar-refractivity contribution is -0.141. The van der Waals surface area contributed by atoms with E-state index in [1.54, 1.807) is 13.0 Å². The van der Waals surface area contributed by atoms with Gasteiger partial charge in [-0.2, -0.15) is 28.1 Å². The molecule has 1 aromatic carbocycles. The molecule has 0 unspecified atom stereocenters. The Hall–Kier alpha value is -4.16. The van der Waals surface area contributed by atoms with Crippen molar-refractivity contribution in [2.45, 2.75) is 19.1 Å². The number of rotatable bonds is 5. The summed E-state index contributed by atoms with van der Waals surface area (Å²) in [6.07, 6.45) is -0.552. The molecule has 1 atom stereocenters. The highest BCUT2D eigenvalue weighted by molar-refractivity contribution is 5.93. The average Bonchev–Trinajstić information content (AvgIpc) is 3.42. The summed E-state index contributed by atoms with van der Waals surface area (Å²) in [7, 11) is 0. The highest BCUT2D eigenvalue weighted by atomic mass is 19.4. The molecule has 4 rings (SSSR count). The number of hydrogen-bond acceptors (Lipinski definition) is 6. The maximum absolute atomic E-state index is 13.2. The van der Waals surface area contributed by atoms with Crippen molar-refractivity contribution in [2.75, 3.05) is 0 Å². The highest BCUT2D eigenvalue weighted by Crippen LogP contribution is 2.30. The maximum Gasteiger partial charge on any atom is 0.435 e. The van der Waals surface area contributed by atoms with Crippen LogP contribution in [0.5, 0.6) is 0 Å². The molecule has 0 aliphatic heterocycles. The van der Waals surface area contributed by atoms with E-state index in [1.807, 2.05) is 0 Å².